The Morgan fingerprint density at radius 3 is 2.67 bits per heavy atom. The molecule has 2 atom stereocenters. The summed E-state index contributed by atoms with van der Waals surface area (Å²) in [6.07, 6.45) is 6.50. The van der Waals surface area contributed by atoms with Gasteiger partial charge in [0.25, 0.3) is 0 Å². The van der Waals surface area contributed by atoms with Crippen LogP contribution in [0.4, 0.5) is 4.39 Å². The second-order valence-corrected chi connectivity index (χ2v) is 7.15. The zero-order valence-electron chi connectivity index (χ0n) is 13.0. The quantitative estimate of drug-likeness (QED) is 0.722. The van der Waals surface area contributed by atoms with Gasteiger partial charge < -0.3 is 0 Å². The first-order valence-corrected chi connectivity index (χ1v) is 8.67. The Labute approximate surface area is 132 Å². The van der Waals surface area contributed by atoms with E-state index in [0.717, 1.165) is 18.7 Å². The van der Waals surface area contributed by atoms with E-state index in [-0.39, 0.29) is 22.3 Å². The molecule has 0 N–H and O–H groups in total. The van der Waals surface area contributed by atoms with E-state index in [2.05, 4.69) is 18.7 Å². The fraction of sp³-hybridized carbons (Fsp3) is 0.667. The van der Waals surface area contributed by atoms with Crippen molar-refractivity contribution < 1.29 is 4.39 Å². The fourth-order valence-corrected chi connectivity index (χ4v) is 4.98. The summed E-state index contributed by atoms with van der Waals surface area (Å²) in [4.78, 5) is 2.61. The van der Waals surface area contributed by atoms with Gasteiger partial charge in [0, 0.05) is 18.0 Å². The van der Waals surface area contributed by atoms with E-state index in [1.807, 2.05) is 12.1 Å². The molecule has 1 aromatic carbocycles. The number of rotatable bonds is 2. The monoisotopic (exact) mass is 309 g/mol. The third kappa shape index (κ3) is 2.41. The molecule has 3 heteroatoms. The molecule has 1 spiro atoms. The fourth-order valence-electron chi connectivity index (χ4n) is 4.79. The van der Waals surface area contributed by atoms with E-state index in [1.165, 1.54) is 32.1 Å². The lowest BCUT2D eigenvalue weighted by molar-refractivity contribution is 0.0675. The van der Waals surface area contributed by atoms with Crippen molar-refractivity contribution in [2.45, 2.75) is 57.4 Å². The molecule has 2 unspecified atom stereocenters. The molecular weight excluding hydrogens is 285 g/mol. The summed E-state index contributed by atoms with van der Waals surface area (Å²) in [7, 11) is 0. The van der Waals surface area contributed by atoms with E-state index in [0.29, 0.717) is 5.92 Å². The Hall–Kier alpha value is -0.600. The summed E-state index contributed by atoms with van der Waals surface area (Å²) >= 11 is 6.00. The van der Waals surface area contributed by atoms with Gasteiger partial charge in [0.1, 0.15) is 5.82 Å². The van der Waals surface area contributed by atoms with Crippen molar-refractivity contribution in [3.8, 4) is 0 Å². The Morgan fingerprint density at radius 2 is 2.00 bits per heavy atom. The number of hydrogen-bond donors (Lipinski definition) is 0. The minimum atomic E-state index is -0.208. The summed E-state index contributed by atoms with van der Waals surface area (Å²) in [6.45, 7) is 6.59. The van der Waals surface area contributed by atoms with Crippen molar-refractivity contribution in [1.82, 2.24) is 4.90 Å². The molecule has 1 aliphatic heterocycles. The van der Waals surface area contributed by atoms with Crippen LogP contribution in [0, 0.1) is 11.7 Å². The normalized spacial score (nSPS) is 29.1. The molecule has 0 aromatic heterocycles. The highest BCUT2D eigenvalue weighted by Gasteiger charge is 2.51. The lowest BCUT2D eigenvalue weighted by atomic mass is 9.70. The number of benzene rings is 1. The molecule has 2 fully saturated rings. The van der Waals surface area contributed by atoms with Crippen molar-refractivity contribution in [2.24, 2.45) is 5.92 Å². The Morgan fingerprint density at radius 1 is 1.29 bits per heavy atom. The number of likely N-dealkylation sites (tertiary alicyclic amines) is 1. The van der Waals surface area contributed by atoms with Gasteiger partial charge in [-0.25, -0.2) is 4.39 Å². The van der Waals surface area contributed by atoms with Gasteiger partial charge in [0.2, 0.25) is 0 Å². The van der Waals surface area contributed by atoms with Crippen LogP contribution in [0.2, 0.25) is 5.02 Å². The summed E-state index contributed by atoms with van der Waals surface area (Å²) < 4.78 is 14.5. The van der Waals surface area contributed by atoms with Crippen LogP contribution in [0.25, 0.3) is 0 Å². The molecule has 1 aromatic rings. The highest BCUT2D eigenvalue weighted by atomic mass is 35.5. The van der Waals surface area contributed by atoms with Crippen LogP contribution in [-0.4, -0.2) is 23.5 Å². The zero-order chi connectivity index (χ0) is 15.0. The summed E-state index contributed by atoms with van der Waals surface area (Å²) in [5.74, 6) is 0.549. The molecule has 2 aliphatic rings. The highest BCUT2D eigenvalue weighted by molar-refractivity contribution is 6.30. The molecule has 1 nitrogen and oxygen atoms in total. The van der Waals surface area contributed by atoms with Crippen LogP contribution in [0.5, 0.6) is 0 Å². The maximum Gasteiger partial charge on any atom is 0.145 e. The molecule has 1 saturated heterocycles. The van der Waals surface area contributed by atoms with Gasteiger partial charge >= 0.3 is 0 Å². The largest absolute Gasteiger partial charge is 0.297 e. The third-order valence-electron chi connectivity index (χ3n) is 5.98. The Balaban J connectivity index is 1.96. The maximum absolute atomic E-state index is 14.5. The highest BCUT2D eigenvalue weighted by Crippen LogP contribution is 2.51. The van der Waals surface area contributed by atoms with Gasteiger partial charge in [-0.1, -0.05) is 56.8 Å². The van der Waals surface area contributed by atoms with Crippen LogP contribution in [0.1, 0.15) is 57.4 Å². The van der Waals surface area contributed by atoms with Crippen molar-refractivity contribution in [3.05, 3.63) is 34.6 Å². The molecule has 21 heavy (non-hydrogen) atoms. The van der Waals surface area contributed by atoms with Gasteiger partial charge in [-0.3, -0.25) is 4.90 Å². The van der Waals surface area contributed by atoms with E-state index in [1.54, 1.807) is 6.07 Å². The summed E-state index contributed by atoms with van der Waals surface area (Å²) in [5, 5.41) is 0.257. The van der Waals surface area contributed by atoms with Crippen LogP contribution < -0.4 is 0 Å². The first-order chi connectivity index (χ1) is 10.1. The first-order valence-electron chi connectivity index (χ1n) is 8.29. The van der Waals surface area contributed by atoms with Gasteiger partial charge in [0.15, 0.2) is 0 Å². The number of nitrogens with zero attached hydrogens (tertiary/aromatic N) is 1. The molecule has 1 saturated carbocycles. The van der Waals surface area contributed by atoms with Gasteiger partial charge in [-0.15, -0.1) is 0 Å². The predicted octanol–water partition coefficient (Wildman–Crippen LogP) is 5.24. The summed E-state index contributed by atoms with van der Waals surface area (Å²) in [5.41, 5.74) is 1.10. The Bertz CT molecular complexity index is 510. The number of hydrogen-bond acceptors (Lipinski definition) is 1. The van der Waals surface area contributed by atoms with Crippen molar-refractivity contribution in [2.75, 3.05) is 13.1 Å². The van der Waals surface area contributed by atoms with E-state index >= 15 is 0 Å². The number of likely N-dealkylation sites (N-methyl/N-ethyl adjacent to an activating group) is 1. The van der Waals surface area contributed by atoms with Crippen molar-refractivity contribution in [3.63, 3.8) is 0 Å². The average molecular weight is 310 g/mol. The zero-order valence-corrected chi connectivity index (χ0v) is 13.8. The van der Waals surface area contributed by atoms with Crippen LogP contribution in [-0.2, 0) is 0 Å². The van der Waals surface area contributed by atoms with E-state index < -0.39 is 0 Å². The molecule has 0 radical (unpaired) electrons. The second-order valence-electron chi connectivity index (χ2n) is 6.74. The van der Waals surface area contributed by atoms with E-state index in [9.17, 15) is 4.39 Å². The molecule has 0 bridgehead atoms. The predicted molar refractivity (Wildman–Crippen MR) is 86.4 cm³/mol. The molecular formula is C18H25ClFN. The second kappa shape index (κ2) is 5.89. The maximum atomic E-state index is 14.5. The lowest BCUT2D eigenvalue weighted by Gasteiger charge is -2.44. The standard InChI is InChI=1S/C18H25ClFN/c1-3-21-12-15(14-8-7-9-16(19)17(14)20)13(2)18(21)10-5-4-6-11-18/h7-9,13,15H,3-6,10-12H2,1-2H3. The van der Waals surface area contributed by atoms with E-state index in [4.69, 9.17) is 11.6 Å². The smallest absolute Gasteiger partial charge is 0.145 e. The first kappa shape index (κ1) is 15.3. The topological polar surface area (TPSA) is 3.24 Å². The molecule has 3 rings (SSSR count). The third-order valence-corrected chi connectivity index (χ3v) is 6.27. The van der Waals surface area contributed by atoms with Crippen molar-refractivity contribution >= 4 is 11.6 Å². The van der Waals surface area contributed by atoms with Gasteiger partial charge in [-0.2, -0.15) is 0 Å². The SMILES string of the molecule is CCN1CC(c2cccc(Cl)c2F)C(C)C12CCCCC2. The molecule has 116 valence electrons. The average Bonchev–Trinajstić information content (AvgIpc) is 2.76. The number of halogens is 2. The minimum absolute atomic E-state index is 0.208. The molecule has 1 aliphatic carbocycles. The molecule has 0 amide bonds. The lowest BCUT2D eigenvalue weighted by Crippen LogP contribution is -2.48. The van der Waals surface area contributed by atoms with Crippen LogP contribution >= 0.6 is 11.6 Å². The Kier molecular flexibility index (Phi) is 4.29. The minimum Gasteiger partial charge on any atom is -0.297 e. The molecule has 1 heterocycles. The van der Waals surface area contributed by atoms with Gasteiger partial charge in [0.05, 0.1) is 5.02 Å². The van der Waals surface area contributed by atoms with Crippen molar-refractivity contribution in [1.29, 1.82) is 0 Å². The summed E-state index contributed by atoms with van der Waals surface area (Å²) in [6, 6.07) is 5.46. The van der Waals surface area contributed by atoms with Crippen LogP contribution in [0.15, 0.2) is 18.2 Å². The van der Waals surface area contributed by atoms with Gasteiger partial charge in [-0.05, 0) is 36.9 Å². The van der Waals surface area contributed by atoms with Crippen LogP contribution in [0.3, 0.4) is 0 Å².